The first-order chi connectivity index (χ1) is 19.6. The Morgan fingerprint density at radius 1 is 0.927 bits per heavy atom. The summed E-state index contributed by atoms with van der Waals surface area (Å²) >= 11 is 0. The van der Waals surface area contributed by atoms with Crippen LogP contribution < -0.4 is 4.74 Å². The van der Waals surface area contributed by atoms with E-state index in [1.54, 1.807) is 36.7 Å². The van der Waals surface area contributed by atoms with Crippen molar-refractivity contribution in [3.63, 3.8) is 0 Å². The number of hydrogen-bond acceptors (Lipinski definition) is 5. The van der Waals surface area contributed by atoms with Gasteiger partial charge in [0.15, 0.2) is 0 Å². The lowest BCUT2D eigenvalue weighted by Crippen LogP contribution is -2.29. The first kappa shape index (κ1) is 27.8. The molecule has 1 aromatic heterocycles. The Morgan fingerprint density at radius 2 is 1.63 bits per heavy atom. The van der Waals surface area contributed by atoms with Gasteiger partial charge in [-0.15, -0.1) is 0 Å². The highest BCUT2D eigenvalue weighted by Gasteiger charge is 2.46. The molecule has 3 aromatic carbocycles. The average molecular weight is 547 g/mol. The molecule has 41 heavy (non-hydrogen) atoms. The molecular weight excluding hydrogens is 512 g/mol. The number of carbonyl (C=O) groups is 2. The van der Waals surface area contributed by atoms with Crippen molar-refractivity contribution in [1.82, 2.24) is 9.88 Å². The number of likely N-dealkylation sites (tertiary alicyclic amines) is 1. The van der Waals surface area contributed by atoms with Crippen molar-refractivity contribution >= 4 is 17.4 Å². The monoisotopic (exact) mass is 546 g/mol. The van der Waals surface area contributed by atoms with Crippen LogP contribution in [0.15, 0.2) is 103 Å². The van der Waals surface area contributed by atoms with E-state index in [0.29, 0.717) is 17.9 Å². The van der Waals surface area contributed by atoms with Gasteiger partial charge in [-0.3, -0.25) is 14.6 Å². The van der Waals surface area contributed by atoms with Crippen LogP contribution in [0.2, 0.25) is 0 Å². The highest BCUT2D eigenvalue weighted by atomic mass is 16.5. The van der Waals surface area contributed by atoms with Crippen LogP contribution in [-0.2, 0) is 28.2 Å². The predicted octanol–water partition coefficient (Wildman–Crippen LogP) is 6.89. The highest BCUT2D eigenvalue weighted by Crippen LogP contribution is 2.41. The summed E-state index contributed by atoms with van der Waals surface area (Å²) in [6.45, 7) is 8.88. The number of ketones is 1. The van der Waals surface area contributed by atoms with Crippen molar-refractivity contribution in [2.24, 2.45) is 0 Å². The van der Waals surface area contributed by atoms with E-state index >= 15 is 0 Å². The first-order valence-electron chi connectivity index (χ1n) is 13.7. The van der Waals surface area contributed by atoms with E-state index in [0.717, 1.165) is 27.8 Å². The first-order valence-corrected chi connectivity index (χ1v) is 13.7. The molecule has 5 rings (SSSR count). The summed E-state index contributed by atoms with van der Waals surface area (Å²) in [4.78, 5) is 32.6. The lowest BCUT2D eigenvalue weighted by molar-refractivity contribution is -0.140. The number of aromatic nitrogens is 1. The number of aryl methyl sites for hydroxylation is 1. The summed E-state index contributed by atoms with van der Waals surface area (Å²) in [7, 11) is 0. The Bertz CT molecular complexity index is 1590. The van der Waals surface area contributed by atoms with E-state index in [1.807, 2.05) is 67.6 Å². The van der Waals surface area contributed by atoms with E-state index in [-0.39, 0.29) is 23.3 Å². The molecule has 208 valence electrons. The molecule has 6 nitrogen and oxygen atoms in total. The van der Waals surface area contributed by atoms with Crippen LogP contribution in [-0.4, -0.2) is 26.7 Å². The Balaban J connectivity index is 1.53. The molecule has 1 N–H and O–H groups in total. The molecule has 1 aliphatic heterocycles. The van der Waals surface area contributed by atoms with Crippen LogP contribution in [0, 0.1) is 6.92 Å². The number of amides is 1. The number of ether oxygens (including phenoxy) is 1. The zero-order chi connectivity index (χ0) is 29.1. The summed E-state index contributed by atoms with van der Waals surface area (Å²) in [6.07, 6.45) is 3.34. The maximum atomic E-state index is 13.5. The van der Waals surface area contributed by atoms with E-state index in [1.165, 1.54) is 4.90 Å². The second-order valence-electron chi connectivity index (χ2n) is 11.4. The quantitative estimate of drug-likeness (QED) is 0.155. The van der Waals surface area contributed by atoms with Crippen molar-refractivity contribution in [2.45, 2.75) is 52.3 Å². The molecule has 0 bridgehead atoms. The summed E-state index contributed by atoms with van der Waals surface area (Å²) < 4.78 is 6.00. The van der Waals surface area contributed by atoms with Gasteiger partial charge in [-0.1, -0.05) is 81.4 Å². The molecule has 1 amide bonds. The van der Waals surface area contributed by atoms with E-state index in [9.17, 15) is 14.7 Å². The van der Waals surface area contributed by atoms with Crippen LogP contribution >= 0.6 is 0 Å². The molecular formula is C35H34N2O4. The van der Waals surface area contributed by atoms with Gasteiger partial charge < -0.3 is 14.7 Å². The zero-order valence-electron chi connectivity index (χ0n) is 23.8. The van der Waals surface area contributed by atoms with Gasteiger partial charge in [0.1, 0.15) is 18.1 Å². The van der Waals surface area contributed by atoms with Crippen LogP contribution in [0.5, 0.6) is 5.75 Å². The molecule has 2 heterocycles. The molecule has 0 saturated carbocycles. The van der Waals surface area contributed by atoms with Crippen LogP contribution in [0.25, 0.3) is 5.76 Å². The Morgan fingerprint density at radius 3 is 2.27 bits per heavy atom. The topological polar surface area (TPSA) is 79.7 Å². The summed E-state index contributed by atoms with van der Waals surface area (Å²) in [5, 5.41) is 11.6. The third kappa shape index (κ3) is 5.92. The van der Waals surface area contributed by atoms with Crippen molar-refractivity contribution in [3.05, 3.63) is 136 Å². The SMILES string of the molecule is Cc1cc(/C(O)=C2\C(=O)C(=O)N(Cc3cccnc3)[C@H]2c2ccc(C(C)(C)C)cc2)ccc1OCc1ccccc1. The van der Waals surface area contributed by atoms with Gasteiger partial charge in [-0.05, 0) is 64.4 Å². The third-order valence-corrected chi connectivity index (χ3v) is 7.39. The minimum atomic E-state index is -0.751. The second kappa shape index (κ2) is 11.4. The lowest BCUT2D eigenvalue weighted by Gasteiger charge is -2.26. The standard InChI is InChI=1S/C35H34N2O4/c1-23-19-27(14-17-29(23)41-22-24-9-6-5-7-10-24)32(38)30-31(26-12-15-28(16-13-26)35(2,3)4)37(34(40)33(30)39)21-25-11-8-18-36-20-25/h5-20,31,38H,21-22H2,1-4H3/b32-30+/t31-/m0/s1. The maximum absolute atomic E-state index is 13.5. The fourth-order valence-corrected chi connectivity index (χ4v) is 5.09. The Hall–Kier alpha value is -4.71. The van der Waals surface area contributed by atoms with Gasteiger partial charge in [0.25, 0.3) is 11.7 Å². The molecule has 0 unspecified atom stereocenters. The number of aliphatic hydroxyl groups excluding tert-OH is 1. The van der Waals surface area contributed by atoms with Crippen LogP contribution in [0.3, 0.4) is 0 Å². The number of aliphatic hydroxyl groups is 1. The number of Topliss-reactive ketones (excluding diaryl/α,β-unsaturated/α-hetero) is 1. The summed E-state index contributed by atoms with van der Waals surface area (Å²) in [5.74, 6) is -0.894. The minimum Gasteiger partial charge on any atom is -0.507 e. The van der Waals surface area contributed by atoms with Crippen LogP contribution in [0.1, 0.15) is 60.2 Å². The molecule has 1 fully saturated rings. The minimum absolute atomic E-state index is 0.0576. The van der Waals surface area contributed by atoms with Gasteiger partial charge >= 0.3 is 0 Å². The van der Waals surface area contributed by atoms with E-state index in [2.05, 4.69) is 25.8 Å². The molecule has 1 atom stereocenters. The van der Waals surface area contributed by atoms with Gasteiger partial charge in [-0.2, -0.15) is 0 Å². The predicted molar refractivity (Wildman–Crippen MR) is 159 cm³/mol. The third-order valence-electron chi connectivity index (χ3n) is 7.39. The Kier molecular flexibility index (Phi) is 7.75. The van der Waals surface area contributed by atoms with E-state index < -0.39 is 17.7 Å². The van der Waals surface area contributed by atoms with Gasteiger partial charge in [0.2, 0.25) is 0 Å². The van der Waals surface area contributed by atoms with E-state index in [4.69, 9.17) is 4.74 Å². The molecule has 6 heteroatoms. The lowest BCUT2D eigenvalue weighted by atomic mass is 9.85. The average Bonchev–Trinajstić information content (AvgIpc) is 3.21. The Labute approximate surface area is 240 Å². The number of nitrogens with zero attached hydrogens (tertiary/aromatic N) is 2. The number of rotatable bonds is 7. The number of pyridine rings is 1. The zero-order valence-corrected chi connectivity index (χ0v) is 23.8. The van der Waals surface area contributed by atoms with Crippen molar-refractivity contribution < 1.29 is 19.4 Å². The fraction of sp³-hybridized carbons (Fsp3) is 0.229. The fourth-order valence-electron chi connectivity index (χ4n) is 5.09. The second-order valence-corrected chi connectivity index (χ2v) is 11.4. The number of benzene rings is 3. The van der Waals surface area contributed by atoms with Crippen molar-refractivity contribution in [2.75, 3.05) is 0 Å². The molecule has 1 aliphatic rings. The number of hydrogen-bond donors (Lipinski definition) is 1. The molecule has 0 aliphatic carbocycles. The van der Waals surface area contributed by atoms with Crippen LogP contribution in [0.4, 0.5) is 0 Å². The molecule has 0 spiro atoms. The molecule has 0 radical (unpaired) electrons. The van der Waals surface area contributed by atoms with Gasteiger partial charge in [0, 0.05) is 24.5 Å². The highest BCUT2D eigenvalue weighted by molar-refractivity contribution is 6.46. The summed E-state index contributed by atoms with van der Waals surface area (Å²) in [6, 6.07) is 26.0. The smallest absolute Gasteiger partial charge is 0.295 e. The number of carbonyl (C=O) groups excluding carboxylic acids is 2. The molecule has 4 aromatic rings. The largest absolute Gasteiger partial charge is 0.507 e. The van der Waals surface area contributed by atoms with Crippen molar-refractivity contribution in [1.29, 1.82) is 0 Å². The van der Waals surface area contributed by atoms with Gasteiger partial charge in [0.05, 0.1) is 11.6 Å². The normalized spacial score (nSPS) is 16.7. The van der Waals surface area contributed by atoms with Crippen molar-refractivity contribution in [3.8, 4) is 5.75 Å². The molecule has 1 saturated heterocycles. The summed E-state index contributed by atoms with van der Waals surface area (Å²) in [5.41, 5.74) is 4.99. The van der Waals surface area contributed by atoms with Gasteiger partial charge in [-0.25, -0.2) is 0 Å². The maximum Gasteiger partial charge on any atom is 0.295 e.